The molecule has 0 aromatic heterocycles. The van der Waals surface area contributed by atoms with Crippen molar-refractivity contribution in [2.24, 2.45) is 56.7 Å². The van der Waals surface area contributed by atoms with Crippen molar-refractivity contribution >= 4 is 17.9 Å². The molecule has 0 aromatic carbocycles. The topological polar surface area (TPSA) is 88.1 Å². The first-order valence-electron chi connectivity index (χ1n) is 17.3. The zero-order valence-electron chi connectivity index (χ0n) is 28.9. The Morgan fingerprint density at radius 1 is 0.886 bits per heavy atom. The van der Waals surface area contributed by atoms with Crippen molar-refractivity contribution in [1.29, 1.82) is 0 Å². The van der Waals surface area contributed by atoms with Crippen LogP contribution in [-0.4, -0.2) is 44.0 Å². The summed E-state index contributed by atoms with van der Waals surface area (Å²) in [6.45, 7) is 20.2. The maximum atomic E-state index is 14.0. The largest absolute Gasteiger partial charge is 0.465 e. The molecule has 44 heavy (non-hydrogen) atoms. The molecule has 0 spiro atoms. The molecule has 4 saturated carbocycles. The number of carbonyl (C=O) groups excluding carboxylic acids is 3. The van der Waals surface area contributed by atoms with E-state index in [1.807, 2.05) is 6.92 Å². The molecule has 7 heteroatoms. The summed E-state index contributed by atoms with van der Waals surface area (Å²) in [6.07, 6.45) is 10.7. The van der Waals surface area contributed by atoms with Crippen molar-refractivity contribution < 1.29 is 33.3 Å². The Bertz CT molecular complexity index is 1180. The monoisotopic (exact) mass is 614 g/mol. The number of ether oxygens (including phenoxy) is 4. The van der Waals surface area contributed by atoms with Gasteiger partial charge in [0.2, 0.25) is 0 Å². The zero-order valence-corrected chi connectivity index (χ0v) is 28.9. The Hall–Kier alpha value is -1.89. The Morgan fingerprint density at radius 3 is 2.27 bits per heavy atom. The van der Waals surface area contributed by atoms with Gasteiger partial charge < -0.3 is 18.9 Å². The summed E-state index contributed by atoms with van der Waals surface area (Å²) in [5.41, 5.74) is 0.597. The lowest BCUT2D eigenvalue weighted by Gasteiger charge is -2.71. The zero-order chi connectivity index (χ0) is 32.3. The number of allylic oxidation sites excluding steroid dienone is 2. The van der Waals surface area contributed by atoms with Crippen molar-refractivity contribution in [3.63, 3.8) is 0 Å². The standard InChI is InChI=1S/C37H58O7/c1-10-41-22-43-32(40)37-16-13-23(2)24(3)31(37)28-11-12-30-34(7)20-27(44-26(5)39)19-33(6,21-42-25(4)38)29(34)14-15-36(30,9)35(28,8)17-18-37/h11,23-24,27,29-31H,10,12-22H2,1-9H3/t23-,24+,27-,29?,30-,31+,33?,34+,35-,36-,37+/m1/s1. The lowest BCUT2D eigenvalue weighted by atomic mass is 9.33. The second kappa shape index (κ2) is 11.7. The first-order chi connectivity index (χ1) is 20.6. The molecule has 5 aliphatic carbocycles. The summed E-state index contributed by atoms with van der Waals surface area (Å²) < 4.78 is 23.0. The Balaban J connectivity index is 1.56. The van der Waals surface area contributed by atoms with Crippen molar-refractivity contribution in [1.82, 2.24) is 0 Å². The van der Waals surface area contributed by atoms with Crippen LogP contribution in [0.4, 0.5) is 0 Å². The van der Waals surface area contributed by atoms with E-state index in [1.54, 1.807) is 0 Å². The summed E-state index contributed by atoms with van der Waals surface area (Å²) >= 11 is 0. The predicted octanol–water partition coefficient (Wildman–Crippen LogP) is 7.66. The average molecular weight is 615 g/mol. The number of fused-ring (bicyclic) bond motifs is 7. The van der Waals surface area contributed by atoms with Crippen LogP contribution in [-0.2, 0) is 33.3 Å². The van der Waals surface area contributed by atoms with Crippen LogP contribution in [0.25, 0.3) is 0 Å². The van der Waals surface area contributed by atoms with Gasteiger partial charge in [0.25, 0.3) is 0 Å². The van der Waals surface area contributed by atoms with E-state index in [4.69, 9.17) is 18.9 Å². The second-order valence-corrected chi connectivity index (χ2v) is 16.4. The molecule has 248 valence electrons. The van der Waals surface area contributed by atoms with Gasteiger partial charge in [-0.3, -0.25) is 14.4 Å². The number of hydrogen-bond donors (Lipinski definition) is 0. The maximum absolute atomic E-state index is 14.0. The van der Waals surface area contributed by atoms with Crippen molar-refractivity contribution in [2.75, 3.05) is 20.0 Å². The molecule has 0 saturated heterocycles. The van der Waals surface area contributed by atoms with Gasteiger partial charge in [0, 0.05) is 25.9 Å². The van der Waals surface area contributed by atoms with Crippen molar-refractivity contribution in [3.05, 3.63) is 11.6 Å². The van der Waals surface area contributed by atoms with Gasteiger partial charge >= 0.3 is 17.9 Å². The van der Waals surface area contributed by atoms with Gasteiger partial charge in [0.15, 0.2) is 6.79 Å². The summed E-state index contributed by atoms with van der Waals surface area (Å²) in [6, 6.07) is 0. The van der Waals surface area contributed by atoms with E-state index in [-0.39, 0.29) is 58.4 Å². The highest BCUT2D eigenvalue weighted by Crippen LogP contribution is 2.76. The minimum absolute atomic E-state index is 0.0184. The number of rotatable bonds is 7. The van der Waals surface area contributed by atoms with Gasteiger partial charge in [0.1, 0.15) is 6.10 Å². The molecular weight excluding hydrogens is 556 g/mol. The molecule has 2 unspecified atom stereocenters. The van der Waals surface area contributed by atoms with E-state index in [0.717, 1.165) is 51.4 Å². The third kappa shape index (κ3) is 5.06. The van der Waals surface area contributed by atoms with Crippen LogP contribution in [0.2, 0.25) is 0 Å². The molecular formula is C37H58O7. The summed E-state index contributed by atoms with van der Waals surface area (Å²) in [5, 5.41) is 0. The molecule has 0 N–H and O–H groups in total. The lowest BCUT2D eigenvalue weighted by molar-refractivity contribution is -0.219. The summed E-state index contributed by atoms with van der Waals surface area (Å²) in [7, 11) is 0. The van der Waals surface area contributed by atoms with Crippen LogP contribution in [0.5, 0.6) is 0 Å². The van der Waals surface area contributed by atoms with E-state index in [9.17, 15) is 14.4 Å². The van der Waals surface area contributed by atoms with Gasteiger partial charge in [-0.25, -0.2) is 0 Å². The number of esters is 3. The molecule has 4 fully saturated rings. The molecule has 0 aromatic rings. The lowest BCUT2D eigenvalue weighted by Crippen LogP contribution is -2.66. The highest BCUT2D eigenvalue weighted by molar-refractivity contribution is 5.78. The van der Waals surface area contributed by atoms with Crippen LogP contribution in [0.3, 0.4) is 0 Å². The van der Waals surface area contributed by atoms with E-state index >= 15 is 0 Å². The third-order valence-electron chi connectivity index (χ3n) is 14.3. The Kier molecular flexibility index (Phi) is 8.92. The second-order valence-electron chi connectivity index (χ2n) is 16.4. The first-order valence-corrected chi connectivity index (χ1v) is 17.3. The van der Waals surface area contributed by atoms with Gasteiger partial charge in [-0.15, -0.1) is 0 Å². The fourth-order valence-corrected chi connectivity index (χ4v) is 11.9. The first kappa shape index (κ1) is 33.5. The molecule has 5 rings (SSSR count). The quantitative estimate of drug-likeness (QED) is 0.0957. The Labute approximate surface area is 265 Å². The van der Waals surface area contributed by atoms with Gasteiger partial charge in [-0.05, 0) is 111 Å². The molecule has 0 amide bonds. The highest BCUT2D eigenvalue weighted by atomic mass is 16.7. The Morgan fingerprint density at radius 2 is 1.61 bits per heavy atom. The third-order valence-corrected chi connectivity index (χ3v) is 14.3. The van der Waals surface area contributed by atoms with E-state index in [2.05, 4.69) is 47.6 Å². The van der Waals surface area contributed by atoms with Crippen LogP contribution in [0, 0.1) is 56.7 Å². The molecule has 0 aliphatic heterocycles. The van der Waals surface area contributed by atoms with Gasteiger partial charge in [-0.2, -0.15) is 0 Å². The molecule has 0 bridgehead atoms. The smallest absolute Gasteiger partial charge is 0.314 e. The minimum atomic E-state index is -0.494. The van der Waals surface area contributed by atoms with E-state index < -0.39 is 5.41 Å². The van der Waals surface area contributed by atoms with Gasteiger partial charge in [0.05, 0.1) is 12.0 Å². The van der Waals surface area contributed by atoms with E-state index in [0.29, 0.717) is 43.3 Å². The molecule has 7 nitrogen and oxygen atoms in total. The van der Waals surface area contributed by atoms with Crippen molar-refractivity contribution in [2.45, 2.75) is 126 Å². The average Bonchev–Trinajstić information content (AvgIpc) is 2.93. The van der Waals surface area contributed by atoms with E-state index in [1.165, 1.54) is 19.4 Å². The van der Waals surface area contributed by atoms with Gasteiger partial charge in [-0.1, -0.05) is 53.2 Å². The SMILES string of the molecule is CCOCOC(=O)[C@]12CC[C@@H](C)[C@H](C)[C@H]1C1=CC[C@@H]3[C@@]4(C)C[C@H](OC(C)=O)CC(C)(COC(C)=O)C4CC[C@@]3(C)[C@]1(C)CC2. The van der Waals surface area contributed by atoms with Crippen molar-refractivity contribution in [3.8, 4) is 0 Å². The number of carbonyl (C=O) groups is 3. The molecule has 0 heterocycles. The summed E-state index contributed by atoms with van der Waals surface area (Å²) in [4.78, 5) is 38.2. The van der Waals surface area contributed by atoms with Crippen LogP contribution < -0.4 is 0 Å². The van der Waals surface area contributed by atoms with Crippen LogP contribution >= 0.6 is 0 Å². The fraction of sp³-hybridized carbons (Fsp3) is 0.865. The normalized spacial score (nSPS) is 46.2. The van der Waals surface area contributed by atoms with Crippen LogP contribution in [0.15, 0.2) is 11.6 Å². The maximum Gasteiger partial charge on any atom is 0.314 e. The fourth-order valence-electron chi connectivity index (χ4n) is 11.9. The van der Waals surface area contributed by atoms with Crippen LogP contribution in [0.1, 0.15) is 120 Å². The number of hydrogen-bond acceptors (Lipinski definition) is 7. The summed E-state index contributed by atoms with van der Waals surface area (Å²) in [5.74, 6) is 1.24. The minimum Gasteiger partial charge on any atom is -0.465 e. The molecule has 11 atom stereocenters. The predicted molar refractivity (Wildman–Crippen MR) is 168 cm³/mol. The molecule has 0 radical (unpaired) electrons. The molecule has 5 aliphatic rings. The highest BCUT2D eigenvalue weighted by Gasteiger charge is 2.70.